The Balaban J connectivity index is 3.29. The summed E-state index contributed by atoms with van der Waals surface area (Å²) in [5.41, 5.74) is 3.14. The molecule has 12 heavy (non-hydrogen) atoms. The summed E-state index contributed by atoms with van der Waals surface area (Å²) in [5, 5.41) is 9.32. The first-order valence-corrected chi connectivity index (χ1v) is 4.13. The van der Waals surface area contributed by atoms with Crippen LogP contribution >= 0.6 is 0 Å². The summed E-state index contributed by atoms with van der Waals surface area (Å²) in [6, 6.07) is 6.00. The van der Waals surface area contributed by atoms with Gasteiger partial charge in [-0.05, 0) is 24.5 Å². The van der Waals surface area contributed by atoms with Crippen molar-refractivity contribution in [1.82, 2.24) is 0 Å². The Morgan fingerprint density at radius 2 is 2.17 bits per heavy atom. The number of rotatable bonds is 2. The van der Waals surface area contributed by atoms with Crippen LogP contribution in [-0.2, 0) is 6.42 Å². The fourth-order valence-electron chi connectivity index (χ4n) is 1.44. The van der Waals surface area contributed by atoms with Crippen molar-refractivity contribution in [2.45, 2.75) is 20.3 Å². The maximum atomic E-state index is 9.32. The predicted molar refractivity (Wildman–Crippen MR) is 52.2 cm³/mol. The van der Waals surface area contributed by atoms with Crippen molar-refractivity contribution in [2.75, 3.05) is 0 Å². The highest BCUT2D eigenvalue weighted by molar-refractivity contribution is 5.63. The number of aliphatic hydroxyl groups excluding tert-OH is 1. The number of hydrogen-bond donors (Lipinski definition) is 1. The number of aliphatic hydroxyl groups is 1. The summed E-state index contributed by atoms with van der Waals surface area (Å²) in [7, 11) is 0. The maximum absolute atomic E-state index is 9.32. The molecule has 0 bridgehead atoms. The van der Waals surface area contributed by atoms with E-state index in [0.29, 0.717) is 0 Å². The van der Waals surface area contributed by atoms with Crippen molar-refractivity contribution in [3.05, 3.63) is 41.5 Å². The molecular formula is C11H14O. The molecule has 0 saturated heterocycles. The van der Waals surface area contributed by atoms with Crippen molar-refractivity contribution in [1.29, 1.82) is 0 Å². The average Bonchev–Trinajstić information content (AvgIpc) is 2.03. The van der Waals surface area contributed by atoms with Gasteiger partial charge in [0.05, 0.1) is 0 Å². The minimum Gasteiger partial charge on any atom is -0.508 e. The van der Waals surface area contributed by atoms with E-state index >= 15 is 0 Å². The number of hydrogen-bond acceptors (Lipinski definition) is 1. The van der Waals surface area contributed by atoms with Gasteiger partial charge in [0.15, 0.2) is 0 Å². The molecule has 0 spiro atoms. The molecule has 1 aromatic carbocycles. The highest BCUT2D eigenvalue weighted by Gasteiger charge is 2.05. The SMILES string of the molecule is C=C(O)c1c(C)cccc1CC. The van der Waals surface area contributed by atoms with E-state index in [9.17, 15) is 5.11 Å². The third-order valence-electron chi connectivity index (χ3n) is 2.03. The van der Waals surface area contributed by atoms with Crippen LogP contribution in [0.4, 0.5) is 0 Å². The molecule has 64 valence electrons. The first kappa shape index (κ1) is 8.85. The van der Waals surface area contributed by atoms with Gasteiger partial charge in [0.1, 0.15) is 5.76 Å². The molecule has 1 N–H and O–H groups in total. The number of aryl methyl sites for hydroxylation is 2. The van der Waals surface area contributed by atoms with Crippen LogP contribution in [0.5, 0.6) is 0 Å². The standard InChI is InChI=1S/C11H14O/c1-4-10-7-5-6-8(2)11(10)9(3)12/h5-7,12H,3-4H2,1-2H3. The van der Waals surface area contributed by atoms with Gasteiger partial charge in [0, 0.05) is 5.56 Å². The van der Waals surface area contributed by atoms with Crippen LogP contribution in [0.1, 0.15) is 23.6 Å². The topological polar surface area (TPSA) is 20.2 Å². The molecule has 0 heterocycles. The summed E-state index contributed by atoms with van der Waals surface area (Å²) in [5.74, 6) is 0.171. The number of benzene rings is 1. The molecule has 0 aliphatic carbocycles. The molecule has 0 aliphatic heterocycles. The summed E-state index contributed by atoms with van der Waals surface area (Å²) >= 11 is 0. The van der Waals surface area contributed by atoms with Crippen molar-refractivity contribution < 1.29 is 5.11 Å². The zero-order valence-corrected chi connectivity index (χ0v) is 7.59. The molecule has 1 aromatic rings. The van der Waals surface area contributed by atoms with Crippen LogP contribution in [0.25, 0.3) is 5.76 Å². The minimum absolute atomic E-state index is 0.171. The molecule has 1 heteroatoms. The van der Waals surface area contributed by atoms with Gasteiger partial charge in [-0.1, -0.05) is 31.7 Å². The summed E-state index contributed by atoms with van der Waals surface area (Å²) in [4.78, 5) is 0. The van der Waals surface area contributed by atoms with E-state index < -0.39 is 0 Å². The van der Waals surface area contributed by atoms with E-state index in [4.69, 9.17) is 0 Å². The minimum atomic E-state index is 0.171. The van der Waals surface area contributed by atoms with Crippen LogP contribution in [0.2, 0.25) is 0 Å². The second kappa shape index (κ2) is 3.44. The predicted octanol–water partition coefficient (Wildman–Crippen LogP) is 3.09. The summed E-state index contributed by atoms with van der Waals surface area (Å²) in [6.07, 6.45) is 0.927. The van der Waals surface area contributed by atoms with E-state index in [0.717, 1.165) is 23.1 Å². The van der Waals surface area contributed by atoms with Crippen molar-refractivity contribution in [2.24, 2.45) is 0 Å². The van der Waals surface area contributed by atoms with E-state index in [2.05, 4.69) is 13.5 Å². The lowest BCUT2D eigenvalue weighted by Gasteiger charge is -2.08. The molecule has 0 atom stereocenters. The highest BCUT2D eigenvalue weighted by atomic mass is 16.3. The molecule has 0 aliphatic rings. The lowest BCUT2D eigenvalue weighted by atomic mass is 9.99. The van der Waals surface area contributed by atoms with Crippen LogP contribution < -0.4 is 0 Å². The average molecular weight is 162 g/mol. The Morgan fingerprint density at radius 1 is 1.50 bits per heavy atom. The maximum Gasteiger partial charge on any atom is 0.116 e. The van der Waals surface area contributed by atoms with E-state index in [1.807, 2.05) is 25.1 Å². The van der Waals surface area contributed by atoms with Gasteiger partial charge in [0.25, 0.3) is 0 Å². The van der Waals surface area contributed by atoms with Gasteiger partial charge in [-0.25, -0.2) is 0 Å². The van der Waals surface area contributed by atoms with Crippen LogP contribution in [0.15, 0.2) is 24.8 Å². The van der Waals surface area contributed by atoms with Gasteiger partial charge in [-0.2, -0.15) is 0 Å². The van der Waals surface area contributed by atoms with Gasteiger partial charge in [0.2, 0.25) is 0 Å². The fraction of sp³-hybridized carbons (Fsp3) is 0.273. The lowest BCUT2D eigenvalue weighted by molar-refractivity contribution is 0.512. The summed E-state index contributed by atoms with van der Waals surface area (Å²) < 4.78 is 0. The Hall–Kier alpha value is -1.24. The molecule has 0 fully saturated rings. The molecular weight excluding hydrogens is 148 g/mol. The van der Waals surface area contributed by atoms with Crippen LogP contribution in [-0.4, -0.2) is 5.11 Å². The molecule has 0 saturated carbocycles. The largest absolute Gasteiger partial charge is 0.508 e. The third kappa shape index (κ3) is 1.50. The molecule has 1 nitrogen and oxygen atoms in total. The normalized spacial score (nSPS) is 9.83. The van der Waals surface area contributed by atoms with E-state index in [1.165, 1.54) is 0 Å². The molecule has 0 radical (unpaired) electrons. The zero-order valence-electron chi connectivity index (χ0n) is 7.59. The van der Waals surface area contributed by atoms with Crippen molar-refractivity contribution >= 4 is 5.76 Å². The Bertz CT molecular complexity index is 300. The Kier molecular flexibility index (Phi) is 2.54. The molecule has 1 rings (SSSR count). The molecule has 0 unspecified atom stereocenters. The van der Waals surface area contributed by atoms with Crippen LogP contribution in [0.3, 0.4) is 0 Å². The van der Waals surface area contributed by atoms with E-state index in [-0.39, 0.29) is 5.76 Å². The van der Waals surface area contributed by atoms with Crippen molar-refractivity contribution in [3.8, 4) is 0 Å². The summed E-state index contributed by atoms with van der Waals surface area (Å²) in [6.45, 7) is 7.60. The zero-order chi connectivity index (χ0) is 9.14. The van der Waals surface area contributed by atoms with Crippen LogP contribution in [0, 0.1) is 6.92 Å². The van der Waals surface area contributed by atoms with Gasteiger partial charge in [-0.3, -0.25) is 0 Å². The van der Waals surface area contributed by atoms with Gasteiger partial charge in [-0.15, -0.1) is 0 Å². The van der Waals surface area contributed by atoms with Gasteiger partial charge >= 0.3 is 0 Å². The van der Waals surface area contributed by atoms with E-state index in [1.54, 1.807) is 0 Å². The van der Waals surface area contributed by atoms with Gasteiger partial charge < -0.3 is 5.11 Å². The highest BCUT2D eigenvalue weighted by Crippen LogP contribution is 2.20. The van der Waals surface area contributed by atoms with Crippen molar-refractivity contribution in [3.63, 3.8) is 0 Å². The third-order valence-corrected chi connectivity index (χ3v) is 2.03. The Labute approximate surface area is 73.4 Å². The first-order valence-electron chi connectivity index (χ1n) is 4.13. The second-order valence-electron chi connectivity index (χ2n) is 2.91. The monoisotopic (exact) mass is 162 g/mol. The molecule has 0 aromatic heterocycles. The first-order chi connectivity index (χ1) is 5.66. The Morgan fingerprint density at radius 3 is 2.58 bits per heavy atom. The quantitative estimate of drug-likeness (QED) is 0.662. The second-order valence-corrected chi connectivity index (χ2v) is 2.91. The lowest BCUT2D eigenvalue weighted by Crippen LogP contribution is -1.93. The molecule has 0 amide bonds. The smallest absolute Gasteiger partial charge is 0.116 e. The fourth-order valence-corrected chi connectivity index (χ4v) is 1.44.